The predicted molar refractivity (Wildman–Crippen MR) is 191 cm³/mol. The molecule has 5 rings (SSSR count). The summed E-state index contributed by atoms with van der Waals surface area (Å²) in [6.45, 7) is 4.34. The second kappa shape index (κ2) is 16.1. The molecule has 238 valence electrons. The molecule has 0 aliphatic heterocycles. The number of hydrogen-bond acceptors (Lipinski definition) is 7. The van der Waals surface area contributed by atoms with Gasteiger partial charge in [-0.1, -0.05) is 48.0 Å². The molecule has 1 unspecified atom stereocenters. The smallest absolute Gasteiger partial charge is 0.272 e. The zero-order valence-corrected chi connectivity index (χ0v) is 27.9. The van der Waals surface area contributed by atoms with E-state index in [2.05, 4.69) is 20.9 Å². The predicted octanol–water partition coefficient (Wildman–Crippen LogP) is 8.39. The number of carbonyl (C=O) groups excluding carboxylic acids is 3. The number of thioether (sulfide) groups is 1. The van der Waals surface area contributed by atoms with Gasteiger partial charge in [0.1, 0.15) is 11.4 Å². The lowest BCUT2D eigenvalue weighted by Crippen LogP contribution is -2.30. The molecule has 47 heavy (non-hydrogen) atoms. The van der Waals surface area contributed by atoms with Gasteiger partial charge < -0.3 is 20.7 Å². The first-order valence-electron chi connectivity index (χ1n) is 14.7. The van der Waals surface area contributed by atoms with Gasteiger partial charge in [0.15, 0.2) is 5.13 Å². The number of ether oxygens (including phenoxy) is 1. The topological polar surface area (TPSA) is 109 Å². The molecule has 0 radical (unpaired) electrons. The molecular formula is C36H31ClN4O4S2. The van der Waals surface area contributed by atoms with Crippen molar-refractivity contribution in [2.75, 3.05) is 17.2 Å². The van der Waals surface area contributed by atoms with Crippen molar-refractivity contribution in [3.8, 4) is 17.0 Å². The number of rotatable bonds is 12. The van der Waals surface area contributed by atoms with E-state index in [1.54, 1.807) is 85.8 Å². The van der Waals surface area contributed by atoms with Crippen LogP contribution in [0.3, 0.4) is 0 Å². The summed E-state index contributed by atoms with van der Waals surface area (Å²) >= 11 is 8.85. The van der Waals surface area contributed by atoms with Crippen LogP contribution in [0.25, 0.3) is 17.3 Å². The van der Waals surface area contributed by atoms with Gasteiger partial charge in [0.05, 0.1) is 17.6 Å². The molecule has 0 bridgehead atoms. The number of benzene rings is 4. The minimum absolute atomic E-state index is 0.0416. The number of anilines is 2. The van der Waals surface area contributed by atoms with Crippen molar-refractivity contribution in [1.29, 1.82) is 0 Å². The number of thiazole rings is 1. The van der Waals surface area contributed by atoms with Crippen molar-refractivity contribution >= 4 is 69.3 Å². The molecule has 5 aromatic rings. The quantitative estimate of drug-likeness (QED) is 0.0901. The third kappa shape index (κ3) is 9.55. The summed E-state index contributed by atoms with van der Waals surface area (Å²) < 4.78 is 5.50. The van der Waals surface area contributed by atoms with Crippen LogP contribution in [0, 0.1) is 0 Å². The van der Waals surface area contributed by atoms with E-state index in [9.17, 15) is 14.4 Å². The molecule has 3 amide bonds. The number of amides is 3. The van der Waals surface area contributed by atoms with Crippen molar-refractivity contribution in [3.05, 3.63) is 130 Å². The molecule has 3 N–H and O–H groups in total. The van der Waals surface area contributed by atoms with Crippen LogP contribution < -0.4 is 20.7 Å². The van der Waals surface area contributed by atoms with E-state index in [4.69, 9.17) is 16.3 Å². The van der Waals surface area contributed by atoms with Gasteiger partial charge in [0.25, 0.3) is 11.8 Å². The molecule has 0 fully saturated rings. The summed E-state index contributed by atoms with van der Waals surface area (Å²) in [7, 11) is 0. The molecule has 8 nitrogen and oxygen atoms in total. The summed E-state index contributed by atoms with van der Waals surface area (Å²) in [6, 6.07) is 30.4. The second-order valence-electron chi connectivity index (χ2n) is 10.2. The first-order chi connectivity index (χ1) is 22.8. The summed E-state index contributed by atoms with van der Waals surface area (Å²) in [5.74, 6) is -0.356. The molecule has 0 aliphatic rings. The van der Waals surface area contributed by atoms with Gasteiger partial charge in [-0.05, 0) is 92.2 Å². The Labute approximate surface area is 286 Å². The molecular weight excluding hydrogens is 652 g/mol. The van der Waals surface area contributed by atoms with Crippen LogP contribution in [0.1, 0.15) is 29.8 Å². The normalized spacial score (nSPS) is 11.8. The Morgan fingerprint density at radius 2 is 1.70 bits per heavy atom. The summed E-state index contributed by atoms with van der Waals surface area (Å²) in [5.41, 5.74) is 3.29. The fourth-order valence-corrected chi connectivity index (χ4v) is 6.22. The van der Waals surface area contributed by atoms with Gasteiger partial charge in [-0.3, -0.25) is 14.4 Å². The van der Waals surface area contributed by atoms with E-state index >= 15 is 0 Å². The Kier molecular flexibility index (Phi) is 11.5. The fourth-order valence-electron chi connectivity index (χ4n) is 4.37. The van der Waals surface area contributed by atoms with Gasteiger partial charge in [-0.25, -0.2) is 4.98 Å². The zero-order chi connectivity index (χ0) is 33.2. The van der Waals surface area contributed by atoms with E-state index in [1.807, 2.05) is 42.6 Å². The summed E-state index contributed by atoms with van der Waals surface area (Å²) in [4.78, 5) is 44.8. The third-order valence-electron chi connectivity index (χ3n) is 6.66. The lowest BCUT2D eigenvalue weighted by atomic mass is 10.1. The molecule has 1 atom stereocenters. The largest absolute Gasteiger partial charge is 0.494 e. The van der Waals surface area contributed by atoms with Crippen LogP contribution in [0.4, 0.5) is 10.8 Å². The first-order valence-corrected chi connectivity index (χ1v) is 16.8. The Hall–Kier alpha value is -4.90. The van der Waals surface area contributed by atoms with Crippen molar-refractivity contribution in [3.63, 3.8) is 0 Å². The minimum atomic E-state index is -0.519. The van der Waals surface area contributed by atoms with E-state index in [0.717, 1.165) is 21.9 Å². The molecule has 11 heteroatoms. The van der Waals surface area contributed by atoms with Crippen molar-refractivity contribution in [2.45, 2.75) is 24.0 Å². The zero-order valence-electron chi connectivity index (χ0n) is 25.5. The highest BCUT2D eigenvalue weighted by Crippen LogP contribution is 2.29. The second-order valence-corrected chi connectivity index (χ2v) is 12.9. The summed E-state index contributed by atoms with van der Waals surface area (Å²) in [6.07, 6.45) is 1.56. The van der Waals surface area contributed by atoms with E-state index in [0.29, 0.717) is 33.6 Å². The van der Waals surface area contributed by atoms with Gasteiger partial charge in [-0.2, -0.15) is 0 Å². The molecule has 1 heterocycles. The first kappa shape index (κ1) is 33.5. The maximum absolute atomic E-state index is 13.5. The van der Waals surface area contributed by atoms with Crippen LogP contribution in [0.15, 0.2) is 119 Å². The average molecular weight is 683 g/mol. The van der Waals surface area contributed by atoms with Crippen molar-refractivity contribution in [1.82, 2.24) is 10.3 Å². The third-order valence-corrected chi connectivity index (χ3v) is 8.74. The number of aromatic nitrogens is 1. The standard InChI is InChI=1S/C36H31ClN4O4S2/c1-3-45-29-17-15-25(16-18-29)32-22-46-36(40-32)41-33(42)23(2)47-30-14-8-13-28(21-30)38-35(44)31(20-24-9-7-12-27(37)19-24)39-34(43)26-10-5-4-6-11-26/h4-23H,3H2,1-2H3,(H,38,44)(H,39,43)(H,40,41,42)/b31-20-. The van der Waals surface area contributed by atoms with Crippen LogP contribution >= 0.6 is 34.7 Å². The van der Waals surface area contributed by atoms with Crippen molar-refractivity contribution in [2.24, 2.45) is 0 Å². The Morgan fingerprint density at radius 3 is 2.45 bits per heavy atom. The maximum Gasteiger partial charge on any atom is 0.272 e. The molecule has 4 aromatic carbocycles. The SMILES string of the molecule is CCOc1ccc(-c2csc(NC(=O)C(C)Sc3cccc(NC(=O)/C(=C/c4cccc(Cl)c4)NC(=O)c4ccccc4)c3)n2)cc1. The van der Waals surface area contributed by atoms with Gasteiger partial charge in [-0.15, -0.1) is 23.1 Å². The molecule has 0 aliphatic carbocycles. The Balaban J connectivity index is 1.23. The van der Waals surface area contributed by atoms with Gasteiger partial charge >= 0.3 is 0 Å². The van der Waals surface area contributed by atoms with Crippen LogP contribution in [-0.2, 0) is 9.59 Å². The number of nitrogens with one attached hydrogen (secondary N) is 3. The highest BCUT2D eigenvalue weighted by atomic mass is 35.5. The maximum atomic E-state index is 13.5. The van der Waals surface area contributed by atoms with Crippen LogP contribution in [0.2, 0.25) is 5.02 Å². The van der Waals surface area contributed by atoms with Crippen LogP contribution in [0.5, 0.6) is 5.75 Å². The van der Waals surface area contributed by atoms with E-state index in [-0.39, 0.29) is 11.6 Å². The fraction of sp³-hybridized carbons (Fsp3) is 0.111. The highest BCUT2D eigenvalue weighted by molar-refractivity contribution is 8.00. The van der Waals surface area contributed by atoms with Crippen molar-refractivity contribution < 1.29 is 19.1 Å². The monoisotopic (exact) mass is 682 g/mol. The molecule has 0 saturated carbocycles. The minimum Gasteiger partial charge on any atom is -0.494 e. The summed E-state index contributed by atoms with van der Waals surface area (Å²) in [5, 5.41) is 10.9. The Bertz CT molecular complexity index is 1890. The highest BCUT2D eigenvalue weighted by Gasteiger charge is 2.18. The molecule has 0 spiro atoms. The van der Waals surface area contributed by atoms with E-state index in [1.165, 1.54) is 23.1 Å². The lowest BCUT2D eigenvalue weighted by molar-refractivity contribution is -0.115. The number of halogens is 1. The molecule has 1 aromatic heterocycles. The lowest BCUT2D eigenvalue weighted by Gasteiger charge is -2.14. The van der Waals surface area contributed by atoms with Gasteiger partial charge in [0, 0.05) is 32.1 Å². The Morgan fingerprint density at radius 1 is 0.936 bits per heavy atom. The molecule has 0 saturated heterocycles. The van der Waals surface area contributed by atoms with Gasteiger partial charge in [0.2, 0.25) is 5.91 Å². The average Bonchev–Trinajstić information content (AvgIpc) is 3.54. The number of carbonyl (C=O) groups is 3. The van der Waals surface area contributed by atoms with Crippen LogP contribution in [-0.4, -0.2) is 34.6 Å². The van der Waals surface area contributed by atoms with E-state index < -0.39 is 17.1 Å². The number of hydrogen-bond donors (Lipinski definition) is 3. The number of nitrogens with zero attached hydrogens (tertiary/aromatic N) is 1.